The number of carbonyl (C=O) groups is 1. The predicted octanol–water partition coefficient (Wildman–Crippen LogP) is 4.31. The lowest BCUT2D eigenvalue weighted by Gasteiger charge is -2.09. The Kier molecular flexibility index (Phi) is 5.29. The summed E-state index contributed by atoms with van der Waals surface area (Å²) in [6, 6.07) is 10.8. The van der Waals surface area contributed by atoms with Gasteiger partial charge in [0.1, 0.15) is 0 Å². The van der Waals surface area contributed by atoms with Crippen LogP contribution in [0.1, 0.15) is 11.1 Å². The quantitative estimate of drug-likeness (QED) is 0.380. The zero-order valence-corrected chi connectivity index (χ0v) is 16.3. The van der Waals surface area contributed by atoms with Crippen LogP contribution in [0.2, 0.25) is 5.02 Å². The van der Waals surface area contributed by atoms with Gasteiger partial charge in [-0.3, -0.25) is 0 Å². The third-order valence-electron chi connectivity index (χ3n) is 3.50. The monoisotopic (exact) mass is 469 g/mol. The summed E-state index contributed by atoms with van der Waals surface area (Å²) < 4.78 is 16.9. The minimum absolute atomic E-state index is 0.163. The number of cyclic esters (lactones) is 1. The molecule has 0 atom stereocenters. The lowest BCUT2D eigenvalue weighted by molar-refractivity contribution is -0.129. The number of carbonyl (C=O) groups excluding carboxylic acids is 1. The van der Waals surface area contributed by atoms with E-state index in [1.807, 2.05) is 12.1 Å². The van der Waals surface area contributed by atoms with Crippen LogP contribution in [0.4, 0.5) is 0 Å². The first-order chi connectivity index (χ1) is 12.0. The number of para-hydroxylation sites is 1. The molecule has 7 heteroatoms. The van der Waals surface area contributed by atoms with Gasteiger partial charge in [0.05, 0.1) is 24.8 Å². The fourth-order valence-corrected chi connectivity index (χ4v) is 3.05. The van der Waals surface area contributed by atoms with Crippen LogP contribution in [0.15, 0.2) is 47.1 Å². The Morgan fingerprint density at radius 3 is 2.72 bits per heavy atom. The zero-order valence-electron chi connectivity index (χ0n) is 13.4. The Hall–Kier alpha value is -2.06. The second-order valence-corrected chi connectivity index (χ2v) is 6.70. The van der Waals surface area contributed by atoms with Crippen molar-refractivity contribution in [3.05, 3.63) is 61.8 Å². The molecule has 0 radical (unpaired) electrons. The van der Waals surface area contributed by atoms with Gasteiger partial charge in [0.15, 0.2) is 17.2 Å². The number of ether oxygens (including phenoxy) is 3. The van der Waals surface area contributed by atoms with Crippen molar-refractivity contribution in [2.45, 2.75) is 0 Å². The van der Waals surface area contributed by atoms with Gasteiger partial charge >= 0.3 is 5.97 Å². The lowest BCUT2D eigenvalue weighted by Crippen LogP contribution is -2.06. The van der Waals surface area contributed by atoms with E-state index in [0.717, 1.165) is 3.57 Å². The van der Waals surface area contributed by atoms with E-state index in [4.69, 9.17) is 25.8 Å². The molecule has 25 heavy (non-hydrogen) atoms. The number of halogens is 2. The Morgan fingerprint density at radius 2 is 2.00 bits per heavy atom. The smallest absolute Gasteiger partial charge is 0.363 e. The Balaban J connectivity index is 2.04. The molecule has 0 aliphatic carbocycles. The fourth-order valence-electron chi connectivity index (χ4n) is 2.36. The molecule has 2 aromatic carbocycles. The van der Waals surface area contributed by atoms with Crippen LogP contribution in [0, 0.1) is 3.57 Å². The average molecular weight is 470 g/mol. The van der Waals surface area contributed by atoms with E-state index in [9.17, 15) is 4.79 Å². The van der Waals surface area contributed by atoms with Gasteiger partial charge in [0, 0.05) is 9.13 Å². The van der Waals surface area contributed by atoms with Gasteiger partial charge in [0.25, 0.3) is 0 Å². The van der Waals surface area contributed by atoms with Gasteiger partial charge in [-0.2, -0.15) is 0 Å². The topological polar surface area (TPSA) is 57.1 Å². The molecule has 0 unspecified atom stereocenters. The molecule has 2 aromatic rings. The molecule has 0 fully saturated rings. The fraction of sp³-hybridized carbons (Fsp3) is 0.111. The molecule has 0 amide bonds. The Bertz CT molecular complexity index is 908. The van der Waals surface area contributed by atoms with Crippen LogP contribution >= 0.6 is 34.2 Å². The summed E-state index contributed by atoms with van der Waals surface area (Å²) in [5.41, 5.74) is 1.40. The number of nitrogens with zero attached hydrogens (tertiary/aromatic N) is 1. The highest BCUT2D eigenvalue weighted by molar-refractivity contribution is 14.1. The standard InChI is InChI=1S/C18H13ClINO4/c1-23-15-5-3-4-10(16(15)24-2)8-14-18(22)25-17(21-14)12-9-11(20)6-7-13(12)19/h3-9H,1-2H3/b14-8-. The molecular weight excluding hydrogens is 457 g/mol. The molecule has 128 valence electrons. The molecule has 0 saturated carbocycles. The van der Waals surface area contributed by atoms with E-state index in [-0.39, 0.29) is 11.6 Å². The number of hydrogen-bond donors (Lipinski definition) is 0. The number of rotatable bonds is 4. The maximum atomic E-state index is 12.2. The van der Waals surface area contributed by atoms with Crippen molar-refractivity contribution < 1.29 is 19.0 Å². The molecule has 3 rings (SSSR count). The maximum Gasteiger partial charge on any atom is 0.363 e. The maximum absolute atomic E-state index is 12.2. The summed E-state index contributed by atoms with van der Waals surface area (Å²) in [5, 5.41) is 0.465. The number of hydrogen-bond acceptors (Lipinski definition) is 5. The first-order valence-electron chi connectivity index (χ1n) is 7.22. The Labute approximate surface area is 163 Å². The van der Waals surface area contributed by atoms with Crippen molar-refractivity contribution >= 4 is 52.1 Å². The molecule has 1 aliphatic rings. The van der Waals surface area contributed by atoms with Gasteiger partial charge < -0.3 is 14.2 Å². The minimum atomic E-state index is -0.546. The van der Waals surface area contributed by atoms with Crippen molar-refractivity contribution in [2.75, 3.05) is 14.2 Å². The minimum Gasteiger partial charge on any atom is -0.493 e. The summed E-state index contributed by atoms with van der Waals surface area (Å²) >= 11 is 8.34. The third-order valence-corrected chi connectivity index (χ3v) is 4.51. The second kappa shape index (κ2) is 7.45. The SMILES string of the molecule is COc1cccc(/C=C2\N=C(c3cc(I)ccc3Cl)OC2=O)c1OC. The van der Waals surface area contributed by atoms with Crippen molar-refractivity contribution in [2.24, 2.45) is 4.99 Å². The molecule has 1 heterocycles. The summed E-state index contributed by atoms with van der Waals surface area (Å²) in [6.07, 6.45) is 1.60. The molecule has 0 spiro atoms. The molecular formula is C18H13ClINO4. The number of esters is 1. The first-order valence-corrected chi connectivity index (χ1v) is 8.68. The molecule has 5 nitrogen and oxygen atoms in total. The Morgan fingerprint density at radius 1 is 1.20 bits per heavy atom. The normalized spacial score (nSPS) is 15.1. The van der Waals surface area contributed by atoms with Crippen LogP contribution in [0.5, 0.6) is 11.5 Å². The highest BCUT2D eigenvalue weighted by Gasteiger charge is 2.26. The van der Waals surface area contributed by atoms with Crippen molar-refractivity contribution in [1.29, 1.82) is 0 Å². The largest absolute Gasteiger partial charge is 0.493 e. The number of aliphatic imine (C=N–C) groups is 1. The van der Waals surface area contributed by atoms with Crippen LogP contribution in [-0.2, 0) is 9.53 Å². The van der Waals surface area contributed by atoms with Crippen LogP contribution in [0.3, 0.4) is 0 Å². The molecule has 1 aliphatic heterocycles. The van der Waals surface area contributed by atoms with Crippen LogP contribution < -0.4 is 9.47 Å². The van der Waals surface area contributed by atoms with Gasteiger partial charge in [-0.05, 0) is 52.9 Å². The molecule has 0 bridgehead atoms. The number of methoxy groups -OCH3 is 2. The van der Waals surface area contributed by atoms with E-state index < -0.39 is 5.97 Å². The van der Waals surface area contributed by atoms with Gasteiger partial charge in [-0.25, -0.2) is 9.79 Å². The molecule has 0 saturated heterocycles. The molecule has 0 N–H and O–H groups in total. The van der Waals surface area contributed by atoms with Gasteiger partial charge in [-0.1, -0.05) is 23.7 Å². The van der Waals surface area contributed by atoms with Crippen molar-refractivity contribution in [1.82, 2.24) is 0 Å². The predicted molar refractivity (Wildman–Crippen MR) is 104 cm³/mol. The van der Waals surface area contributed by atoms with E-state index in [1.165, 1.54) is 7.11 Å². The highest BCUT2D eigenvalue weighted by atomic mass is 127. The van der Waals surface area contributed by atoms with Gasteiger partial charge in [0.2, 0.25) is 5.90 Å². The summed E-state index contributed by atoms with van der Waals surface area (Å²) in [4.78, 5) is 16.5. The van der Waals surface area contributed by atoms with E-state index in [0.29, 0.717) is 27.6 Å². The zero-order chi connectivity index (χ0) is 18.0. The van der Waals surface area contributed by atoms with Crippen LogP contribution in [-0.4, -0.2) is 26.1 Å². The molecule has 0 aromatic heterocycles. The lowest BCUT2D eigenvalue weighted by atomic mass is 10.1. The van der Waals surface area contributed by atoms with Crippen molar-refractivity contribution in [3.8, 4) is 11.5 Å². The summed E-state index contributed by atoms with van der Waals surface area (Å²) in [7, 11) is 3.08. The second-order valence-electron chi connectivity index (χ2n) is 5.04. The van der Waals surface area contributed by atoms with E-state index >= 15 is 0 Å². The third kappa shape index (κ3) is 3.64. The summed E-state index contributed by atoms with van der Waals surface area (Å²) in [5.74, 6) is 0.714. The van der Waals surface area contributed by atoms with E-state index in [2.05, 4.69) is 27.6 Å². The van der Waals surface area contributed by atoms with Gasteiger partial charge in [-0.15, -0.1) is 0 Å². The highest BCUT2D eigenvalue weighted by Crippen LogP contribution is 2.33. The van der Waals surface area contributed by atoms with Crippen molar-refractivity contribution in [3.63, 3.8) is 0 Å². The number of benzene rings is 2. The average Bonchev–Trinajstić information content (AvgIpc) is 2.97. The summed E-state index contributed by atoms with van der Waals surface area (Å²) in [6.45, 7) is 0. The van der Waals surface area contributed by atoms with E-state index in [1.54, 1.807) is 37.5 Å². The first kappa shape index (κ1) is 17.8. The van der Waals surface area contributed by atoms with Crippen LogP contribution in [0.25, 0.3) is 6.08 Å².